The SMILES string of the molecule is CCc1ccc(NS(=O)(=O)N2CCNCC2)cc1. The molecule has 1 saturated heterocycles. The van der Waals surface area contributed by atoms with E-state index >= 15 is 0 Å². The molecule has 0 saturated carbocycles. The Kier molecular flexibility index (Phi) is 4.21. The van der Waals surface area contributed by atoms with Gasteiger partial charge >= 0.3 is 10.2 Å². The normalized spacial score (nSPS) is 17.6. The van der Waals surface area contributed by atoms with Gasteiger partial charge in [-0.2, -0.15) is 12.7 Å². The van der Waals surface area contributed by atoms with Crippen molar-refractivity contribution >= 4 is 15.9 Å². The van der Waals surface area contributed by atoms with Gasteiger partial charge in [0.05, 0.1) is 0 Å². The van der Waals surface area contributed by atoms with Gasteiger partial charge in [0, 0.05) is 31.9 Å². The molecule has 1 aromatic carbocycles. The van der Waals surface area contributed by atoms with E-state index in [0.717, 1.165) is 6.42 Å². The molecule has 0 unspecified atom stereocenters. The number of aryl methyl sites for hydroxylation is 1. The molecule has 5 nitrogen and oxygen atoms in total. The number of nitrogens with zero attached hydrogens (tertiary/aromatic N) is 1. The summed E-state index contributed by atoms with van der Waals surface area (Å²) in [5.41, 5.74) is 1.81. The van der Waals surface area contributed by atoms with Crippen molar-refractivity contribution in [3.05, 3.63) is 29.8 Å². The van der Waals surface area contributed by atoms with E-state index in [-0.39, 0.29) is 0 Å². The van der Waals surface area contributed by atoms with Crippen LogP contribution >= 0.6 is 0 Å². The van der Waals surface area contributed by atoms with E-state index in [1.165, 1.54) is 9.87 Å². The van der Waals surface area contributed by atoms with Gasteiger partial charge < -0.3 is 5.32 Å². The van der Waals surface area contributed by atoms with Crippen molar-refractivity contribution < 1.29 is 8.42 Å². The summed E-state index contributed by atoms with van der Waals surface area (Å²) in [6.45, 7) is 4.51. The molecule has 0 aromatic heterocycles. The first-order valence-corrected chi connectivity index (χ1v) is 7.63. The van der Waals surface area contributed by atoms with E-state index in [1.54, 1.807) is 12.1 Å². The van der Waals surface area contributed by atoms with Gasteiger partial charge in [-0.1, -0.05) is 19.1 Å². The number of anilines is 1. The lowest BCUT2D eigenvalue weighted by molar-refractivity contribution is 0.362. The molecule has 6 heteroatoms. The summed E-state index contributed by atoms with van der Waals surface area (Å²) in [7, 11) is -3.41. The fraction of sp³-hybridized carbons (Fsp3) is 0.500. The Bertz CT molecular complexity index is 479. The Hall–Kier alpha value is -1.11. The Labute approximate surface area is 108 Å². The molecule has 18 heavy (non-hydrogen) atoms. The van der Waals surface area contributed by atoms with Crippen molar-refractivity contribution in [3.8, 4) is 0 Å². The molecular weight excluding hydrogens is 250 g/mol. The van der Waals surface area contributed by atoms with Crippen LogP contribution in [-0.4, -0.2) is 38.9 Å². The zero-order valence-electron chi connectivity index (χ0n) is 10.5. The summed E-state index contributed by atoms with van der Waals surface area (Å²) in [6.07, 6.45) is 0.949. The van der Waals surface area contributed by atoms with Crippen LogP contribution in [0.4, 0.5) is 5.69 Å². The quantitative estimate of drug-likeness (QED) is 0.850. The Morgan fingerprint density at radius 3 is 2.39 bits per heavy atom. The highest BCUT2D eigenvalue weighted by Crippen LogP contribution is 2.13. The summed E-state index contributed by atoms with van der Waals surface area (Å²) in [5, 5.41) is 3.13. The van der Waals surface area contributed by atoms with Crippen molar-refractivity contribution in [3.63, 3.8) is 0 Å². The van der Waals surface area contributed by atoms with Gasteiger partial charge in [-0.15, -0.1) is 0 Å². The third kappa shape index (κ3) is 3.22. The van der Waals surface area contributed by atoms with E-state index in [2.05, 4.69) is 17.0 Å². The molecule has 100 valence electrons. The van der Waals surface area contributed by atoms with Gasteiger partial charge in [-0.05, 0) is 24.1 Å². The first kappa shape index (κ1) is 13.3. The highest BCUT2D eigenvalue weighted by atomic mass is 32.2. The van der Waals surface area contributed by atoms with Gasteiger partial charge in [0.15, 0.2) is 0 Å². The van der Waals surface area contributed by atoms with Crippen LogP contribution < -0.4 is 10.0 Å². The molecule has 1 aliphatic heterocycles. The van der Waals surface area contributed by atoms with Crippen molar-refractivity contribution in [2.24, 2.45) is 0 Å². The topological polar surface area (TPSA) is 61.4 Å². The highest BCUT2D eigenvalue weighted by molar-refractivity contribution is 7.90. The lowest BCUT2D eigenvalue weighted by Gasteiger charge is -2.26. The predicted molar refractivity (Wildman–Crippen MR) is 72.8 cm³/mol. The van der Waals surface area contributed by atoms with Crippen molar-refractivity contribution in [1.29, 1.82) is 0 Å². The highest BCUT2D eigenvalue weighted by Gasteiger charge is 2.23. The number of piperazine rings is 1. The molecular formula is C12H19N3O2S. The molecule has 1 aliphatic rings. The Balaban J connectivity index is 2.06. The number of hydrogen-bond acceptors (Lipinski definition) is 3. The van der Waals surface area contributed by atoms with Gasteiger partial charge in [0.2, 0.25) is 0 Å². The second-order valence-electron chi connectivity index (χ2n) is 4.31. The summed E-state index contributed by atoms with van der Waals surface area (Å²) >= 11 is 0. The molecule has 0 radical (unpaired) electrons. The average Bonchev–Trinajstić information content (AvgIpc) is 2.40. The maximum Gasteiger partial charge on any atom is 0.301 e. The fourth-order valence-electron chi connectivity index (χ4n) is 1.91. The van der Waals surface area contributed by atoms with E-state index in [9.17, 15) is 8.42 Å². The minimum atomic E-state index is -3.41. The molecule has 2 rings (SSSR count). The second kappa shape index (κ2) is 5.69. The van der Waals surface area contributed by atoms with E-state index < -0.39 is 10.2 Å². The average molecular weight is 269 g/mol. The fourth-order valence-corrected chi connectivity index (χ4v) is 3.13. The lowest BCUT2D eigenvalue weighted by atomic mass is 10.2. The Morgan fingerprint density at radius 2 is 1.83 bits per heavy atom. The van der Waals surface area contributed by atoms with E-state index in [0.29, 0.717) is 31.9 Å². The molecule has 1 aromatic rings. The largest absolute Gasteiger partial charge is 0.314 e. The van der Waals surface area contributed by atoms with Crippen LogP contribution in [0.5, 0.6) is 0 Å². The Morgan fingerprint density at radius 1 is 1.22 bits per heavy atom. The molecule has 0 spiro atoms. The van der Waals surface area contributed by atoms with Crippen molar-refractivity contribution in [1.82, 2.24) is 9.62 Å². The van der Waals surface area contributed by atoms with Crippen LogP contribution in [0.25, 0.3) is 0 Å². The van der Waals surface area contributed by atoms with Crippen LogP contribution in [0.1, 0.15) is 12.5 Å². The van der Waals surface area contributed by atoms with Crippen LogP contribution in [0.2, 0.25) is 0 Å². The van der Waals surface area contributed by atoms with Gasteiger partial charge in [0.1, 0.15) is 0 Å². The summed E-state index contributed by atoms with van der Waals surface area (Å²) in [4.78, 5) is 0. The van der Waals surface area contributed by atoms with Gasteiger partial charge in [0.25, 0.3) is 0 Å². The predicted octanol–water partition coefficient (Wildman–Crippen LogP) is 0.811. The van der Waals surface area contributed by atoms with Crippen LogP contribution in [0.3, 0.4) is 0 Å². The van der Waals surface area contributed by atoms with Gasteiger partial charge in [-0.3, -0.25) is 4.72 Å². The zero-order chi connectivity index (χ0) is 13.0. The summed E-state index contributed by atoms with van der Waals surface area (Å²) < 4.78 is 28.3. The molecule has 0 atom stereocenters. The van der Waals surface area contributed by atoms with Crippen LogP contribution in [-0.2, 0) is 16.6 Å². The van der Waals surface area contributed by atoms with Crippen molar-refractivity contribution in [2.45, 2.75) is 13.3 Å². The minimum Gasteiger partial charge on any atom is -0.314 e. The zero-order valence-corrected chi connectivity index (χ0v) is 11.3. The van der Waals surface area contributed by atoms with E-state index in [1.807, 2.05) is 12.1 Å². The number of rotatable bonds is 4. The molecule has 0 aliphatic carbocycles. The third-order valence-corrected chi connectivity index (χ3v) is 4.56. The lowest BCUT2D eigenvalue weighted by Crippen LogP contribution is -2.48. The molecule has 0 bridgehead atoms. The minimum absolute atomic E-state index is 0.516. The molecule has 2 N–H and O–H groups in total. The smallest absolute Gasteiger partial charge is 0.301 e. The number of hydrogen-bond donors (Lipinski definition) is 2. The summed E-state index contributed by atoms with van der Waals surface area (Å²) in [5.74, 6) is 0. The standard InChI is InChI=1S/C12H19N3O2S/c1-2-11-3-5-12(6-4-11)14-18(16,17)15-9-7-13-8-10-15/h3-6,13-14H,2,7-10H2,1H3. The van der Waals surface area contributed by atoms with Crippen LogP contribution in [0.15, 0.2) is 24.3 Å². The molecule has 1 heterocycles. The number of benzene rings is 1. The third-order valence-electron chi connectivity index (χ3n) is 3.02. The second-order valence-corrected chi connectivity index (χ2v) is 5.98. The summed E-state index contributed by atoms with van der Waals surface area (Å²) in [6, 6.07) is 7.49. The monoisotopic (exact) mass is 269 g/mol. The first-order chi connectivity index (χ1) is 8.62. The molecule has 0 amide bonds. The van der Waals surface area contributed by atoms with Gasteiger partial charge in [-0.25, -0.2) is 0 Å². The maximum absolute atomic E-state index is 12.1. The number of nitrogens with one attached hydrogen (secondary N) is 2. The van der Waals surface area contributed by atoms with Crippen LogP contribution in [0, 0.1) is 0 Å². The maximum atomic E-state index is 12.1. The van der Waals surface area contributed by atoms with Crippen molar-refractivity contribution in [2.75, 3.05) is 30.9 Å². The first-order valence-electron chi connectivity index (χ1n) is 6.19. The van der Waals surface area contributed by atoms with E-state index in [4.69, 9.17) is 0 Å². The molecule has 1 fully saturated rings.